The van der Waals surface area contributed by atoms with E-state index in [4.69, 9.17) is 0 Å². The molecular formula is C15H18Br2N2O. The minimum atomic E-state index is 0.0731. The van der Waals surface area contributed by atoms with Crippen LogP contribution in [0.25, 0.3) is 0 Å². The number of rotatable bonds is 5. The number of hydrogen-bond donors (Lipinski definition) is 1. The lowest BCUT2D eigenvalue weighted by Crippen LogP contribution is -2.11. The summed E-state index contributed by atoms with van der Waals surface area (Å²) in [5.41, 5.74) is 3.32. The second kappa shape index (κ2) is 6.87. The molecule has 1 N–H and O–H groups in total. The molecule has 108 valence electrons. The Morgan fingerprint density at radius 3 is 2.65 bits per heavy atom. The van der Waals surface area contributed by atoms with Crippen molar-refractivity contribution in [1.29, 1.82) is 0 Å². The first kappa shape index (κ1) is 15.7. The summed E-state index contributed by atoms with van der Waals surface area (Å²) in [4.78, 5) is 0. The number of aliphatic hydroxyl groups excluding tert-OH is 1. The van der Waals surface area contributed by atoms with Crippen molar-refractivity contribution in [2.24, 2.45) is 7.05 Å². The quantitative estimate of drug-likeness (QED) is 0.826. The number of halogens is 2. The molecule has 0 fully saturated rings. The van der Waals surface area contributed by atoms with E-state index in [-0.39, 0.29) is 12.5 Å². The van der Waals surface area contributed by atoms with E-state index in [2.05, 4.69) is 56.0 Å². The molecule has 2 aromatic rings. The molecule has 0 aliphatic carbocycles. The molecule has 2 rings (SSSR count). The third-order valence-electron chi connectivity index (χ3n) is 3.48. The Morgan fingerprint density at radius 2 is 2.10 bits per heavy atom. The van der Waals surface area contributed by atoms with E-state index in [1.54, 1.807) is 0 Å². The van der Waals surface area contributed by atoms with Crippen molar-refractivity contribution in [1.82, 2.24) is 9.78 Å². The summed E-state index contributed by atoms with van der Waals surface area (Å²) in [6.45, 7) is 2.21. The zero-order chi connectivity index (χ0) is 14.7. The molecule has 1 aromatic heterocycles. The van der Waals surface area contributed by atoms with Gasteiger partial charge in [0.05, 0.1) is 22.5 Å². The van der Waals surface area contributed by atoms with E-state index in [1.807, 2.05) is 23.9 Å². The van der Waals surface area contributed by atoms with Crippen LogP contribution in [0.1, 0.15) is 29.8 Å². The van der Waals surface area contributed by atoms with Crippen LogP contribution in [0, 0.1) is 0 Å². The largest absolute Gasteiger partial charge is 0.396 e. The van der Waals surface area contributed by atoms with Crippen LogP contribution >= 0.6 is 31.9 Å². The molecule has 20 heavy (non-hydrogen) atoms. The van der Waals surface area contributed by atoms with Gasteiger partial charge in [-0.15, -0.1) is 0 Å². The first-order valence-corrected chi connectivity index (χ1v) is 8.22. The molecule has 0 amide bonds. The Kier molecular flexibility index (Phi) is 5.41. The van der Waals surface area contributed by atoms with Gasteiger partial charge in [-0.1, -0.05) is 35.0 Å². The molecule has 0 saturated carbocycles. The van der Waals surface area contributed by atoms with Gasteiger partial charge in [0.25, 0.3) is 0 Å². The molecule has 1 aromatic carbocycles. The lowest BCUT2D eigenvalue weighted by Gasteiger charge is -2.15. The molecule has 0 aliphatic rings. The predicted molar refractivity (Wildman–Crippen MR) is 88.0 cm³/mol. The van der Waals surface area contributed by atoms with Gasteiger partial charge in [0.1, 0.15) is 0 Å². The van der Waals surface area contributed by atoms with Crippen LogP contribution < -0.4 is 0 Å². The second-order valence-electron chi connectivity index (χ2n) is 4.82. The van der Waals surface area contributed by atoms with Crippen LogP contribution in [0.2, 0.25) is 0 Å². The molecule has 0 bridgehead atoms. The van der Waals surface area contributed by atoms with Gasteiger partial charge < -0.3 is 5.11 Å². The molecule has 1 heterocycles. The average molecular weight is 402 g/mol. The predicted octanol–water partition coefficient (Wildman–Crippen LogP) is 3.83. The van der Waals surface area contributed by atoms with Crippen molar-refractivity contribution < 1.29 is 5.11 Å². The maximum Gasteiger partial charge on any atom is 0.0766 e. The van der Waals surface area contributed by atoms with Crippen LogP contribution in [0.15, 0.2) is 33.2 Å². The number of nitrogens with zero attached hydrogens (tertiary/aromatic N) is 2. The highest BCUT2D eigenvalue weighted by atomic mass is 79.9. The molecule has 0 spiro atoms. The molecule has 3 nitrogen and oxygen atoms in total. The van der Waals surface area contributed by atoms with Crippen LogP contribution in [-0.4, -0.2) is 21.5 Å². The summed E-state index contributed by atoms with van der Waals surface area (Å²) in [5.74, 6) is 0.0731. The zero-order valence-electron chi connectivity index (χ0n) is 11.6. The summed E-state index contributed by atoms with van der Waals surface area (Å²) in [7, 11) is 1.95. The van der Waals surface area contributed by atoms with Gasteiger partial charge in [-0.05, 0) is 46.5 Å². The first-order chi connectivity index (χ1) is 9.56. The van der Waals surface area contributed by atoms with Gasteiger partial charge in [0, 0.05) is 17.4 Å². The van der Waals surface area contributed by atoms with Crippen LogP contribution in [-0.2, 0) is 19.9 Å². The van der Waals surface area contributed by atoms with Crippen LogP contribution in [0.3, 0.4) is 0 Å². The smallest absolute Gasteiger partial charge is 0.0766 e. The van der Waals surface area contributed by atoms with Gasteiger partial charge >= 0.3 is 0 Å². The third kappa shape index (κ3) is 3.32. The summed E-state index contributed by atoms with van der Waals surface area (Å²) < 4.78 is 4.01. The number of aromatic nitrogens is 2. The highest BCUT2D eigenvalue weighted by Gasteiger charge is 2.18. The highest BCUT2D eigenvalue weighted by Crippen LogP contribution is 2.28. The van der Waals surface area contributed by atoms with Crippen LogP contribution in [0.4, 0.5) is 0 Å². The highest BCUT2D eigenvalue weighted by molar-refractivity contribution is 9.10. The minimum Gasteiger partial charge on any atom is -0.396 e. The van der Waals surface area contributed by atoms with Crippen molar-refractivity contribution in [3.8, 4) is 0 Å². The Morgan fingerprint density at radius 1 is 1.35 bits per heavy atom. The number of aryl methyl sites for hydroxylation is 2. The van der Waals surface area contributed by atoms with E-state index in [1.165, 1.54) is 0 Å². The van der Waals surface area contributed by atoms with Gasteiger partial charge in [0.2, 0.25) is 0 Å². The fraction of sp³-hybridized carbons (Fsp3) is 0.400. The standard InChI is InChI=1S/C15H18Br2N2O/c1-3-13-15(17)14(19(2)18-13)8-11(9-20)10-5-4-6-12(16)7-10/h4-7,11,20H,3,8-9H2,1-2H3. The summed E-state index contributed by atoms with van der Waals surface area (Å²) in [6.07, 6.45) is 1.66. The monoisotopic (exact) mass is 400 g/mol. The van der Waals surface area contributed by atoms with Crippen molar-refractivity contribution in [3.05, 3.63) is 50.2 Å². The number of aliphatic hydroxyl groups is 1. The fourth-order valence-corrected chi connectivity index (χ4v) is 3.52. The normalized spacial score (nSPS) is 12.7. The lowest BCUT2D eigenvalue weighted by molar-refractivity contribution is 0.263. The van der Waals surface area contributed by atoms with Crippen molar-refractivity contribution in [2.45, 2.75) is 25.7 Å². The molecule has 1 atom stereocenters. The van der Waals surface area contributed by atoms with Gasteiger partial charge in [-0.2, -0.15) is 5.10 Å². The molecule has 0 saturated heterocycles. The number of benzene rings is 1. The molecular weight excluding hydrogens is 384 g/mol. The average Bonchev–Trinajstić information content (AvgIpc) is 2.71. The minimum absolute atomic E-state index is 0.0731. The Balaban J connectivity index is 2.29. The Labute approximate surface area is 136 Å². The SMILES string of the molecule is CCc1nn(C)c(CC(CO)c2cccc(Br)c2)c1Br. The van der Waals surface area contributed by atoms with Crippen molar-refractivity contribution >= 4 is 31.9 Å². The Hall–Kier alpha value is -0.650. The third-order valence-corrected chi connectivity index (χ3v) is 4.89. The van der Waals surface area contributed by atoms with E-state index >= 15 is 0 Å². The van der Waals surface area contributed by atoms with E-state index in [0.29, 0.717) is 0 Å². The van der Waals surface area contributed by atoms with Gasteiger partial charge in [0.15, 0.2) is 0 Å². The van der Waals surface area contributed by atoms with E-state index in [9.17, 15) is 5.11 Å². The van der Waals surface area contributed by atoms with Crippen molar-refractivity contribution in [2.75, 3.05) is 6.61 Å². The Bertz CT molecular complexity index is 596. The lowest BCUT2D eigenvalue weighted by atomic mass is 9.95. The zero-order valence-corrected chi connectivity index (χ0v) is 14.8. The summed E-state index contributed by atoms with van der Waals surface area (Å²) in [5, 5.41) is 14.2. The van der Waals surface area contributed by atoms with E-state index < -0.39 is 0 Å². The topological polar surface area (TPSA) is 38.0 Å². The fourth-order valence-electron chi connectivity index (χ4n) is 2.32. The molecule has 1 unspecified atom stereocenters. The summed E-state index contributed by atoms with van der Waals surface area (Å²) >= 11 is 7.11. The molecule has 0 radical (unpaired) electrons. The van der Waals surface area contributed by atoms with Gasteiger partial charge in [-0.3, -0.25) is 4.68 Å². The maximum absolute atomic E-state index is 9.72. The maximum atomic E-state index is 9.72. The van der Waals surface area contributed by atoms with E-state index in [0.717, 1.165) is 38.7 Å². The summed E-state index contributed by atoms with van der Waals surface area (Å²) in [6, 6.07) is 8.10. The molecule has 0 aliphatic heterocycles. The molecule has 5 heteroatoms. The van der Waals surface area contributed by atoms with Crippen LogP contribution in [0.5, 0.6) is 0 Å². The first-order valence-electron chi connectivity index (χ1n) is 6.63. The van der Waals surface area contributed by atoms with Crippen molar-refractivity contribution in [3.63, 3.8) is 0 Å². The van der Waals surface area contributed by atoms with Gasteiger partial charge in [-0.25, -0.2) is 0 Å². The second-order valence-corrected chi connectivity index (χ2v) is 6.53. The number of hydrogen-bond acceptors (Lipinski definition) is 2.